The van der Waals surface area contributed by atoms with Gasteiger partial charge in [0, 0.05) is 13.5 Å². The van der Waals surface area contributed by atoms with Crippen molar-refractivity contribution >= 4 is 14.3 Å². The van der Waals surface area contributed by atoms with Crippen molar-refractivity contribution in [3.05, 3.63) is 0 Å². The maximum Gasteiger partial charge on any atom is 0.303 e. The van der Waals surface area contributed by atoms with Crippen LogP contribution in [0, 0.1) is 11.8 Å². The van der Waals surface area contributed by atoms with Crippen LogP contribution in [0.2, 0.25) is 18.1 Å². The molecule has 0 aromatic heterocycles. The zero-order valence-corrected chi connectivity index (χ0v) is 14.4. The first-order valence-corrected chi connectivity index (χ1v) is 9.74. The zero-order valence-electron chi connectivity index (χ0n) is 13.4. The Hall–Kier alpha value is -0.793. The SMILES string of the molecule is CC#CC(CCCO[Si](C)(C)C(C)(C)C)OC(C)=O. The number of rotatable bonds is 6. The van der Waals surface area contributed by atoms with E-state index in [0.717, 1.165) is 12.8 Å². The third-order valence-electron chi connectivity index (χ3n) is 3.49. The van der Waals surface area contributed by atoms with E-state index in [9.17, 15) is 4.79 Å². The minimum atomic E-state index is -1.67. The summed E-state index contributed by atoms with van der Waals surface area (Å²) in [6.07, 6.45) is 1.29. The second kappa shape index (κ2) is 7.71. The third-order valence-corrected chi connectivity index (χ3v) is 8.03. The topological polar surface area (TPSA) is 35.5 Å². The zero-order chi connectivity index (χ0) is 15.1. The molecular weight excluding hydrogens is 256 g/mol. The van der Waals surface area contributed by atoms with Gasteiger partial charge >= 0.3 is 5.97 Å². The molecule has 0 aromatic carbocycles. The Morgan fingerprint density at radius 3 is 2.32 bits per heavy atom. The molecule has 0 radical (unpaired) electrons. The summed E-state index contributed by atoms with van der Waals surface area (Å²) < 4.78 is 11.2. The lowest BCUT2D eigenvalue weighted by molar-refractivity contribution is -0.144. The average Bonchev–Trinajstić information content (AvgIpc) is 2.22. The maximum atomic E-state index is 10.9. The minimum absolute atomic E-state index is 0.228. The van der Waals surface area contributed by atoms with E-state index in [1.807, 2.05) is 0 Å². The fraction of sp³-hybridized carbons (Fsp3) is 0.800. The van der Waals surface area contributed by atoms with E-state index in [1.165, 1.54) is 6.92 Å². The number of esters is 1. The smallest absolute Gasteiger partial charge is 0.303 e. The molecule has 0 aliphatic rings. The first kappa shape index (κ1) is 18.2. The van der Waals surface area contributed by atoms with Crippen LogP contribution < -0.4 is 0 Å². The van der Waals surface area contributed by atoms with E-state index < -0.39 is 8.32 Å². The van der Waals surface area contributed by atoms with Crippen LogP contribution in [0.1, 0.15) is 47.5 Å². The molecule has 4 heteroatoms. The summed E-state index contributed by atoms with van der Waals surface area (Å²) in [6.45, 7) is 15.0. The van der Waals surface area contributed by atoms with Gasteiger partial charge in [0.15, 0.2) is 14.4 Å². The summed E-state index contributed by atoms with van der Waals surface area (Å²) in [5.41, 5.74) is 0. The number of carbonyl (C=O) groups is 1. The van der Waals surface area contributed by atoms with E-state index in [2.05, 4.69) is 45.7 Å². The first-order chi connectivity index (χ1) is 8.60. The van der Waals surface area contributed by atoms with E-state index in [4.69, 9.17) is 9.16 Å². The van der Waals surface area contributed by atoms with Gasteiger partial charge in [0.1, 0.15) is 0 Å². The van der Waals surface area contributed by atoms with E-state index in [0.29, 0.717) is 6.61 Å². The van der Waals surface area contributed by atoms with Crippen LogP contribution in [0.5, 0.6) is 0 Å². The highest BCUT2D eigenvalue weighted by molar-refractivity contribution is 6.74. The van der Waals surface area contributed by atoms with Gasteiger partial charge in [-0.3, -0.25) is 4.79 Å². The Balaban J connectivity index is 4.13. The highest BCUT2D eigenvalue weighted by atomic mass is 28.4. The second-order valence-corrected chi connectivity index (χ2v) is 11.1. The molecule has 0 fully saturated rings. The molecule has 19 heavy (non-hydrogen) atoms. The predicted octanol–water partition coefficient (Wildman–Crippen LogP) is 3.74. The van der Waals surface area contributed by atoms with Crippen LogP contribution in [0.3, 0.4) is 0 Å². The highest BCUT2D eigenvalue weighted by Gasteiger charge is 2.36. The Labute approximate surface area is 119 Å². The summed E-state index contributed by atoms with van der Waals surface area (Å²) >= 11 is 0. The molecule has 0 bridgehead atoms. The standard InChI is InChI=1S/C15H28O3Si/c1-8-10-14(18-13(2)16)11-9-12-17-19(6,7)15(3,4)5/h14H,9,11-12H2,1-7H3. The van der Waals surface area contributed by atoms with Gasteiger partial charge in [-0.05, 0) is 37.9 Å². The molecule has 0 aromatic rings. The van der Waals surface area contributed by atoms with Crippen molar-refractivity contribution in [2.75, 3.05) is 6.61 Å². The largest absolute Gasteiger partial charge is 0.449 e. The summed E-state index contributed by atoms with van der Waals surface area (Å²) in [5.74, 6) is 5.42. The van der Waals surface area contributed by atoms with E-state index in [1.54, 1.807) is 6.92 Å². The molecule has 1 unspecified atom stereocenters. The summed E-state index contributed by atoms with van der Waals surface area (Å²) in [5, 5.41) is 0.228. The van der Waals surface area contributed by atoms with Crippen molar-refractivity contribution in [1.82, 2.24) is 0 Å². The predicted molar refractivity (Wildman–Crippen MR) is 81.4 cm³/mol. The minimum Gasteiger partial charge on any atom is -0.449 e. The quantitative estimate of drug-likeness (QED) is 0.322. The van der Waals surface area contributed by atoms with Gasteiger partial charge in [-0.25, -0.2) is 0 Å². The molecule has 0 saturated heterocycles. The van der Waals surface area contributed by atoms with Crippen molar-refractivity contribution in [3.8, 4) is 11.8 Å². The van der Waals surface area contributed by atoms with Gasteiger partial charge in [0.25, 0.3) is 0 Å². The van der Waals surface area contributed by atoms with Crippen LogP contribution in [-0.2, 0) is 14.0 Å². The van der Waals surface area contributed by atoms with Gasteiger partial charge < -0.3 is 9.16 Å². The summed E-state index contributed by atoms with van der Waals surface area (Å²) in [6, 6.07) is 0. The molecule has 0 heterocycles. The Morgan fingerprint density at radius 2 is 1.89 bits per heavy atom. The van der Waals surface area contributed by atoms with E-state index >= 15 is 0 Å². The molecule has 0 N–H and O–H groups in total. The van der Waals surface area contributed by atoms with Crippen molar-refractivity contribution in [2.45, 2.75) is 71.7 Å². The molecular formula is C15H28O3Si. The van der Waals surface area contributed by atoms with Crippen molar-refractivity contribution < 1.29 is 14.0 Å². The van der Waals surface area contributed by atoms with Gasteiger partial charge in [-0.15, -0.1) is 5.92 Å². The molecule has 0 spiro atoms. The molecule has 110 valence electrons. The molecule has 0 aliphatic heterocycles. The molecule has 0 rings (SSSR count). The summed E-state index contributed by atoms with van der Waals surface area (Å²) in [4.78, 5) is 10.9. The maximum absolute atomic E-state index is 10.9. The highest BCUT2D eigenvalue weighted by Crippen LogP contribution is 2.36. The van der Waals surface area contributed by atoms with Crippen LogP contribution in [-0.4, -0.2) is 27.0 Å². The van der Waals surface area contributed by atoms with Gasteiger partial charge in [0.05, 0.1) is 0 Å². The molecule has 1 atom stereocenters. The van der Waals surface area contributed by atoms with Crippen molar-refractivity contribution in [1.29, 1.82) is 0 Å². The van der Waals surface area contributed by atoms with Gasteiger partial charge in [-0.1, -0.05) is 26.7 Å². The lowest BCUT2D eigenvalue weighted by Gasteiger charge is -2.36. The molecule has 0 aliphatic carbocycles. The third kappa shape index (κ3) is 7.39. The average molecular weight is 284 g/mol. The van der Waals surface area contributed by atoms with Crippen molar-refractivity contribution in [3.63, 3.8) is 0 Å². The second-order valence-electron chi connectivity index (χ2n) is 6.24. The molecule has 0 saturated carbocycles. The Bertz CT molecular complexity index is 345. The van der Waals surface area contributed by atoms with Crippen LogP contribution in [0.4, 0.5) is 0 Å². The van der Waals surface area contributed by atoms with Crippen LogP contribution >= 0.6 is 0 Å². The van der Waals surface area contributed by atoms with Gasteiger partial charge in [-0.2, -0.15) is 0 Å². The van der Waals surface area contributed by atoms with Crippen LogP contribution in [0.15, 0.2) is 0 Å². The Morgan fingerprint density at radius 1 is 1.32 bits per heavy atom. The number of hydrogen-bond donors (Lipinski definition) is 0. The first-order valence-electron chi connectivity index (χ1n) is 6.83. The summed E-state index contributed by atoms with van der Waals surface area (Å²) in [7, 11) is -1.67. The monoisotopic (exact) mass is 284 g/mol. The normalized spacial score (nSPS) is 13.4. The lowest BCUT2D eigenvalue weighted by atomic mass is 10.2. The number of hydrogen-bond acceptors (Lipinski definition) is 3. The molecule has 3 nitrogen and oxygen atoms in total. The fourth-order valence-electron chi connectivity index (χ4n) is 1.33. The number of ether oxygens (including phenoxy) is 1. The molecule has 0 amide bonds. The van der Waals surface area contributed by atoms with Crippen LogP contribution in [0.25, 0.3) is 0 Å². The lowest BCUT2D eigenvalue weighted by Crippen LogP contribution is -2.41. The van der Waals surface area contributed by atoms with Crippen molar-refractivity contribution in [2.24, 2.45) is 0 Å². The fourth-order valence-corrected chi connectivity index (χ4v) is 2.42. The van der Waals surface area contributed by atoms with Gasteiger partial charge in [0.2, 0.25) is 0 Å². The Kier molecular flexibility index (Phi) is 7.39. The van der Waals surface area contributed by atoms with E-state index in [-0.39, 0.29) is 17.1 Å². The number of carbonyl (C=O) groups excluding carboxylic acids is 1.